The standard InChI is InChI=1S/C14H17F3N4O2/c1-8(2)21-12-10(5-19-21)4-11(6-18-12)20-13(22)9(3)23-7-14(15,16)17/h4-6,8-9H,7H2,1-3H3,(H,20,22)/t9-/m1/s1. The van der Waals surface area contributed by atoms with Gasteiger partial charge in [0.25, 0.3) is 5.91 Å². The number of nitrogens with one attached hydrogen (secondary N) is 1. The van der Waals surface area contributed by atoms with Crippen LogP contribution in [0.3, 0.4) is 0 Å². The molecular weight excluding hydrogens is 313 g/mol. The zero-order chi connectivity index (χ0) is 17.2. The maximum atomic E-state index is 12.1. The molecule has 23 heavy (non-hydrogen) atoms. The molecule has 0 fully saturated rings. The van der Waals surface area contributed by atoms with Crippen molar-refractivity contribution in [3.05, 3.63) is 18.5 Å². The van der Waals surface area contributed by atoms with E-state index in [9.17, 15) is 18.0 Å². The first-order valence-electron chi connectivity index (χ1n) is 7.00. The average Bonchev–Trinajstić information content (AvgIpc) is 2.87. The van der Waals surface area contributed by atoms with Crippen LogP contribution in [0.15, 0.2) is 18.5 Å². The van der Waals surface area contributed by atoms with Gasteiger partial charge in [0, 0.05) is 11.4 Å². The van der Waals surface area contributed by atoms with Gasteiger partial charge in [-0.25, -0.2) is 9.67 Å². The van der Waals surface area contributed by atoms with Crippen LogP contribution in [0.5, 0.6) is 0 Å². The van der Waals surface area contributed by atoms with Crippen molar-refractivity contribution in [3.63, 3.8) is 0 Å². The predicted molar refractivity (Wildman–Crippen MR) is 78.0 cm³/mol. The normalized spacial score (nSPS) is 13.5. The maximum Gasteiger partial charge on any atom is 0.411 e. The van der Waals surface area contributed by atoms with Crippen molar-refractivity contribution < 1.29 is 22.7 Å². The molecule has 0 saturated heterocycles. The molecule has 0 aromatic carbocycles. The summed E-state index contributed by atoms with van der Waals surface area (Å²) < 4.78 is 42.4. The fourth-order valence-electron chi connectivity index (χ4n) is 1.93. The second kappa shape index (κ2) is 6.53. The summed E-state index contributed by atoms with van der Waals surface area (Å²) in [5, 5.41) is 7.40. The van der Waals surface area contributed by atoms with Crippen molar-refractivity contribution in [1.29, 1.82) is 0 Å². The minimum Gasteiger partial charge on any atom is -0.359 e. The van der Waals surface area contributed by atoms with Crippen LogP contribution in [0.25, 0.3) is 11.0 Å². The summed E-state index contributed by atoms with van der Waals surface area (Å²) in [7, 11) is 0. The van der Waals surface area contributed by atoms with E-state index in [1.165, 1.54) is 13.1 Å². The van der Waals surface area contributed by atoms with Crippen LogP contribution in [-0.2, 0) is 9.53 Å². The zero-order valence-corrected chi connectivity index (χ0v) is 12.9. The van der Waals surface area contributed by atoms with Crippen LogP contribution < -0.4 is 5.32 Å². The smallest absolute Gasteiger partial charge is 0.359 e. The molecule has 0 bridgehead atoms. The third-order valence-electron chi connectivity index (χ3n) is 3.06. The summed E-state index contributed by atoms with van der Waals surface area (Å²) in [6.07, 6.45) is -2.66. The van der Waals surface area contributed by atoms with Gasteiger partial charge < -0.3 is 10.1 Å². The van der Waals surface area contributed by atoms with Crippen molar-refractivity contribution in [2.24, 2.45) is 0 Å². The number of anilines is 1. The van der Waals surface area contributed by atoms with Gasteiger partial charge in [-0.1, -0.05) is 0 Å². The Kier molecular flexibility index (Phi) is 4.88. The van der Waals surface area contributed by atoms with Crippen LogP contribution in [0.1, 0.15) is 26.8 Å². The number of pyridine rings is 1. The molecule has 0 unspecified atom stereocenters. The Labute approximate surface area is 130 Å². The number of carbonyl (C=O) groups is 1. The Morgan fingerprint density at radius 1 is 1.35 bits per heavy atom. The summed E-state index contributed by atoms with van der Waals surface area (Å²) in [5.41, 5.74) is 1.03. The third kappa shape index (κ3) is 4.41. The Morgan fingerprint density at radius 3 is 2.65 bits per heavy atom. The quantitative estimate of drug-likeness (QED) is 0.915. The van der Waals surface area contributed by atoms with Gasteiger partial charge in [0.2, 0.25) is 0 Å². The van der Waals surface area contributed by atoms with Crippen LogP contribution in [0, 0.1) is 0 Å². The van der Waals surface area contributed by atoms with Gasteiger partial charge in [-0.3, -0.25) is 4.79 Å². The molecule has 1 atom stereocenters. The lowest BCUT2D eigenvalue weighted by atomic mass is 10.3. The van der Waals surface area contributed by atoms with Crippen LogP contribution in [-0.4, -0.2) is 39.6 Å². The second-order valence-electron chi connectivity index (χ2n) is 5.38. The number of hydrogen-bond donors (Lipinski definition) is 1. The van der Waals surface area contributed by atoms with Gasteiger partial charge in [0.15, 0.2) is 5.65 Å². The number of ether oxygens (including phenoxy) is 1. The van der Waals surface area contributed by atoms with Gasteiger partial charge in [0.1, 0.15) is 12.7 Å². The molecule has 2 aromatic heterocycles. The molecule has 6 nitrogen and oxygen atoms in total. The van der Waals surface area contributed by atoms with Gasteiger partial charge in [-0.05, 0) is 26.8 Å². The number of amides is 1. The summed E-state index contributed by atoms with van der Waals surface area (Å²) >= 11 is 0. The molecular formula is C14H17F3N4O2. The molecule has 9 heteroatoms. The van der Waals surface area contributed by atoms with E-state index in [2.05, 4.69) is 20.1 Å². The molecule has 0 aliphatic carbocycles. The lowest BCUT2D eigenvalue weighted by Gasteiger charge is -2.14. The second-order valence-corrected chi connectivity index (χ2v) is 5.38. The lowest BCUT2D eigenvalue weighted by molar-refractivity contribution is -0.184. The summed E-state index contributed by atoms with van der Waals surface area (Å²) in [5.74, 6) is -0.674. The largest absolute Gasteiger partial charge is 0.411 e. The monoisotopic (exact) mass is 330 g/mol. The molecule has 0 saturated carbocycles. The lowest BCUT2D eigenvalue weighted by Crippen LogP contribution is -2.31. The van der Waals surface area contributed by atoms with E-state index in [0.29, 0.717) is 11.3 Å². The first-order chi connectivity index (χ1) is 10.7. The maximum absolute atomic E-state index is 12.1. The summed E-state index contributed by atoms with van der Waals surface area (Å²) in [4.78, 5) is 16.1. The molecule has 2 heterocycles. The minimum absolute atomic E-state index is 0.135. The number of aromatic nitrogens is 3. The van der Waals surface area contributed by atoms with Gasteiger partial charge in [-0.15, -0.1) is 0 Å². The molecule has 0 aliphatic heterocycles. The Hall–Kier alpha value is -2.16. The van der Waals surface area contributed by atoms with E-state index in [1.807, 2.05) is 13.8 Å². The molecule has 2 rings (SSSR count). The number of hydrogen-bond acceptors (Lipinski definition) is 4. The third-order valence-corrected chi connectivity index (χ3v) is 3.06. The van der Waals surface area contributed by atoms with Crippen LogP contribution in [0.4, 0.5) is 18.9 Å². The van der Waals surface area contributed by atoms with E-state index in [1.54, 1.807) is 16.9 Å². The van der Waals surface area contributed by atoms with Crippen LogP contribution in [0.2, 0.25) is 0 Å². The highest BCUT2D eigenvalue weighted by Crippen LogP contribution is 2.20. The molecule has 2 aromatic rings. The summed E-state index contributed by atoms with van der Waals surface area (Å²) in [6.45, 7) is 3.71. The number of nitrogens with zero attached hydrogens (tertiary/aromatic N) is 3. The highest BCUT2D eigenvalue weighted by Gasteiger charge is 2.30. The van der Waals surface area contributed by atoms with E-state index in [-0.39, 0.29) is 6.04 Å². The van der Waals surface area contributed by atoms with Crippen molar-refractivity contribution in [3.8, 4) is 0 Å². The first kappa shape index (κ1) is 17.2. The highest BCUT2D eigenvalue weighted by atomic mass is 19.4. The Morgan fingerprint density at radius 2 is 2.04 bits per heavy atom. The number of halogens is 3. The van der Waals surface area contributed by atoms with Crippen molar-refractivity contribution in [2.45, 2.75) is 39.1 Å². The van der Waals surface area contributed by atoms with E-state index in [4.69, 9.17) is 0 Å². The SMILES string of the molecule is CC(C)n1ncc2cc(NC(=O)[C@@H](C)OCC(F)(F)F)cnc21. The highest BCUT2D eigenvalue weighted by molar-refractivity contribution is 5.95. The van der Waals surface area contributed by atoms with Crippen molar-refractivity contribution in [1.82, 2.24) is 14.8 Å². The first-order valence-corrected chi connectivity index (χ1v) is 7.00. The van der Waals surface area contributed by atoms with Gasteiger partial charge in [0.05, 0.1) is 18.1 Å². The number of fused-ring (bicyclic) bond motifs is 1. The van der Waals surface area contributed by atoms with E-state index >= 15 is 0 Å². The predicted octanol–water partition coefficient (Wildman–Crippen LogP) is 2.92. The number of carbonyl (C=O) groups excluding carboxylic acids is 1. The van der Waals surface area contributed by atoms with Crippen molar-refractivity contribution >= 4 is 22.6 Å². The average molecular weight is 330 g/mol. The fraction of sp³-hybridized carbons (Fsp3) is 0.500. The number of alkyl halides is 3. The molecule has 1 amide bonds. The Bertz CT molecular complexity index is 697. The van der Waals surface area contributed by atoms with Gasteiger partial charge >= 0.3 is 6.18 Å². The molecule has 126 valence electrons. The van der Waals surface area contributed by atoms with Crippen molar-refractivity contribution in [2.75, 3.05) is 11.9 Å². The fourth-order valence-corrected chi connectivity index (χ4v) is 1.93. The summed E-state index contributed by atoms with van der Waals surface area (Å²) in [6, 6.07) is 1.79. The topological polar surface area (TPSA) is 69.0 Å². The number of rotatable bonds is 5. The zero-order valence-electron chi connectivity index (χ0n) is 12.9. The molecule has 0 radical (unpaired) electrons. The van der Waals surface area contributed by atoms with Crippen LogP contribution >= 0.6 is 0 Å². The molecule has 0 aliphatic rings. The van der Waals surface area contributed by atoms with E-state index < -0.39 is 24.8 Å². The Balaban J connectivity index is 2.05. The minimum atomic E-state index is -4.47. The molecule has 1 N–H and O–H groups in total. The van der Waals surface area contributed by atoms with Gasteiger partial charge in [-0.2, -0.15) is 18.3 Å². The molecule has 0 spiro atoms. The van der Waals surface area contributed by atoms with E-state index in [0.717, 1.165) is 5.39 Å².